The van der Waals surface area contributed by atoms with Crippen LogP contribution in [0.2, 0.25) is 0 Å². The van der Waals surface area contributed by atoms with Crippen molar-refractivity contribution in [2.24, 2.45) is 5.16 Å². The highest BCUT2D eigenvalue weighted by Crippen LogP contribution is 2.24. The summed E-state index contributed by atoms with van der Waals surface area (Å²) in [5.41, 5.74) is 2.82. The van der Waals surface area contributed by atoms with Crippen LogP contribution >= 0.6 is 0 Å². The summed E-state index contributed by atoms with van der Waals surface area (Å²) in [7, 11) is 2.96. The first-order chi connectivity index (χ1) is 11.6. The summed E-state index contributed by atoms with van der Waals surface area (Å²) in [5, 5.41) is 13.2. The highest BCUT2D eigenvalue weighted by atomic mass is 16.6. The predicted octanol–water partition coefficient (Wildman–Crippen LogP) is 1.95. The summed E-state index contributed by atoms with van der Waals surface area (Å²) in [5.74, 6) is 0.639. The summed E-state index contributed by atoms with van der Waals surface area (Å²) in [6.45, 7) is 3.76. The second-order valence-electron chi connectivity index (χ2n) is 4.87. The van der Waals surface area contributed by atoms with Gasteiger partial charge in [0.25, 0.3) is 0 Å². The van der Waals surface area contributed by atoms with Crippen LogP contribution in [0, 0.1) is 25.2 Å². The molecule has 8 heteroatoms. The van der Waals surface area contributed by atoms with Gasteiger partial charge in [0.1, 0.15) is 23.7 Å². The first-order valence-corrected chi connectivity index (χ1v) is 7.06. The number of hydrogen-bond acceptors (Lipinski definition) is 8. The van der Waals surface area contributed by atoms with Gasteiger partial charge in [-0.3, -0.25) is 4.98 Å². The van der Waals surface area contributed by atoms with Crippen molar-refractivity contribution >= 4 is 5.71 Å². The summed E-state index contributed by atoms with van der Waals surface area (Å²) < 4.78 is 10.3. The molecule has 0 aliphatic carbocycles. The minimum absolute atomic E-state index is 0.0107. The quantitative estimate of drug-likeness (QED) is 0.590. The van der Waals surface area contributed by atoms with Crippen molar-refractivity contribution in [2.45, 2.75) is 20.5 Å². The molecule has 0 fully saturated rings. The van der Waals surface area contributed by atoms with E-state index in [0.717, 1.165) is 11.3 Å². The van der Waals surface area contributed by atoms with E-state index in [4.69, 9.17) is 14.3 Å². The van der Waals surface area contributed by atoms with Gasteiger partial charge < -0.3 is 14.3 Å². The third-order valence-electron chi connectivity index (χ3n) is 3.06. The smallest absolute Gasteiger partial charge is 0.226 e. The fourth-order valence-electron chi connectivity index (χ4n) is 2.10. The highest BCUT2D eigenvalue weighted by Gasteiger charge is 2.14. The number of hydrogen-bond donors (Lipinski definition) is 0. The molecule has 8 nitrogen and oxygen atoms in total. The van der Waals surface area contributed by atoms with E-state index >= 15 is 0 Å². The molecule has 0 radical (unpaired) electrons. The Morgan fingerprint density at radius 1 is 1.17 bits per heavy atom. The fraction of sp³-hybridized carbons (Fsp3) is 0.312. The molecule has 0 aliphatic heterocycles. The fourth-order valence-corrected chi connectivity index (χ4v) is 2.10. The van der Waals surface area contributed by atoms with Crippen molar-refractivity contribution in [3.63, 3.8) is 0 Å². The maximum absolute atomic E-state index is 9.29. The van der Waals surface area contributed by atoms with Crippen LogP contribution in [0.25, 0.3) is 0 Å². The van der Waals surface area contributed by atoms with Gasteiger partial charge in [0.2, 0.25) is 17.5 Å². The van der Waals surface area contributed by atoms with Crippen molar-refractivity contribution in [1.82, 2.24) is 15.0 Å². The second kappa shape index (κ2) is 7.87. The molecule has 0 aromatic carbocycles. The van der Waals surface area contributed by atoms with Crippen LogP contribution in [0.1, 0.15) is 22.5 Å². The predicted molar refractivity (Wildman–Crippen MR) is 85.8 cm³/mol. The molecular formula is C16H17N5O3. The zero-order chi connectivity index (χ0) is 17.5. The van der Waals surface area contributed by atoms with Crippen LogP contribution in [0.3, 0.4) is 0 Å². The molecular weight excluding hydrogens is 310 g/mol. The van der Waals surface area contributed by atoms with E-state index in [1.165, 1.54) is 20.5 Å². The Balaban J connectivity index is 2.22. The first kappa shape index (κ1) is 17.1. The normalized spacial score (nSPS) is 10.9. The molecule has 0 amide bonds. The molecule has 124 valence electrons. The maximum atomic E-state index is 9.29. The van der Waals surface area contributed by atoms with E-state index in [9.17, 15) is 5.26 Å². The summed E-state index contributed by atoms with van der Waals surface area (Å²) in [4.78, 5) is 17.5. The maximum Gasteiger partial charge on any atom is 0.226 e. The number of methoxy groups -OCH3 is 2. The third kappa shape index (κ3) is 3.95. The number of nitrogens with zero attached hydrogens (tertiary/aromatic N) is 5. The Morgan fingerprint density at radius 3 is 2.38 bits per heavy atom. The van der Waals surface area contributed by atoms with Gasteiger partial charge in [0.15, 0.2) is 6.61 Å². The molecule has 0 saturated heterocycles. The number of oxime groups is 1. The van der Waals surface area contributed by atoms with Crippen LogP contribution in [0.15, 0.2) is 23.6 Å². The Bertz CT molecular complexity index is 756. The lowest BCUT2D eigenvalue weighted by Crippen LogP contribution is -2.05. The lowest BCUT2D eigenvalue weighted by molar-refractivity contribution is 0.125. The minimum atomic E-state index is -0.0107. The standard InChI is InChI=1S/C16H17N5O3/c1-10-5-11(2)20-13(6-10)14(7-17)21-24-8-12-15(22-3)18-9-19-16(12)23-4/h5-6,9H,8H2,1-4H3. The Hall–Kier alpha value is -3.21. The Labute approximate surface area is 139 Å². The van der Waals surface area contributed by atoms with E-state index in [1.54, 1.807) is 6.07 Å². The topological polar surface area (TPSA) is 103 Å². The highest BCUT2D eigenvalue weighted by molar-refractivity contribution is 6.10. The molecule has 2 aromatic rings. The molecule has 2 heterocycles. The lowest BCUT2D eigenvalue weighted by atomic mass is 10.2. The number of nitriles is 1. The summed E-state index contributed by atoms with van der Waals surface area (Å²) in [6, 6.07) is 5.67. The Kier molecular flexibility index (Phi) is 5.63. The van der Waals surface area contributed by atoms with Crippen molar-refractivity contribution in [3.05, 3.63) is 41.0 Å². The monoisotopic (exact) mass is 327 g/mol. The molecule has 0 aliphatic rings. The molecule has 2 rings (SSSR count). The number of pyridine rings is 1. The zero-order valence-corrected chi connectivity index (χ0v) is 13.9. The van der Waals surface area contributed by atoms with Gasteiger partial charge in [0.05, 0.1) is 14.2 Å². The van der Waals surface area contributed by atoms with Gasteiger partial charge >= 0.3 is 0 Å². The van der Waals surface area contributed by atoms with Crippen LogP contribution in [-0.4, -0.2) is 34.9 Å². The Morgan fingerprint density at radius 2 is 1.83 bits per heavy atom. The molecule has 0 N–H and O–H groups in total. The van der Waals surface area contributed by atoms with Crippen molar-refractivity contribution in [1.29, 1.82) is 5.26 Å². The SMILES string of the molecule is COc1ncnc(OC)c1CON=C(C#N)c1cc(C)cc(C)n1. The van der Waals surface area contributed by atoms with Crippen molar-refractivity contribution < 1.29 is 14.3 Å². The number of aromatic nitrogens is 3. The first-order valence-electron chi connectivity index (χ1n) is 7.06. The second-order valence-corrected chi connectivity index (χ2v) is 4.87. The van der Waals surface area contributed by atoms with E-state index in [0.29, 0.717) is 23.0 Å². The summed E-state index contributed by atoms with van der Waals surface area (Å²) in [6.07, 6.45) is 1.32. The largest absolute Gasteiger partial charge is 0.481 e. The van der Waals surface area contributed by atoms with Crippen LogP contribution in [0.5, 0.6) is 11.8 Å². The van der Waals surface area contributed by atoms with Gasteiger partial charge in [-0.25, -0.2) is 9.97 Å². The molecule has 0 saturated carbocycles. The molecule has 24 heavy (non-hydrogen) atoms. The molecule has 0 unspecified atom stereocenters. The van der Waals surface area contributed by atoms with E-state index in [2.05, 4.69) is 20.1 Å². The number of rotatable bonds is 6. The zero-order valence-electron chi connectivity index (χ0n) is 13.9. The average Bonchev–Trinajstić information content (AvgIpc) is 2.57. The van der Waals surface area contributed by atoms with E-state index in [-0.39, 0.29) is 12.3 Å². The van der Waals surface area contributed by atoms with Crippen LogP contribution in [0.4, 0.5) is 0 Å². The van der Waals surface area contributed by atoms with E-state index in [1.807, 2.05) is 26.0 Å². The molecule has 0 atom stereocenters. The molecule has 0 spiro atoms. The lowest BCUT2D eigenvalue weighted by Gasteiger charge is -2.09. The number of aryl methyl sites for hydroxylation is 2. The van der Waals surface area contributed by atoms with E-state index < -0.39 is 0 Å². The van der Waals surface area contributed by atoms with Crippen LogP contribution in [-0.2, 0) is 11.4 Å². The van der Waals surface area contributed by atoms with Gasteiger partial charge in [0, 0.05) is 5.69 Å². The minimum Gasteiger partial charge on any atom is -0.481 e. The molecule has 0 bridgehead atoms. The van der Waals surface area contributed by atoms with Crippen molar-refractivity contribution in [2.75, 3.05) is 14.2 Å². The summed E-state index contributed by atoms with van der Waals surface area (Å²) >= 11 is 0. The van der Waals surface area contributed by atoms with Gasteiger partial charge in [-0.1, -0.05) is 5.16 Å². The molecule has 2 aromatic heterocycles. The number of ether oxygens (including phenoxy) is 2. The third-order valence-corrected chi connectivity index (χ3v) is 3.06. The van der Waals surface area contributed by atoms with Crippen LogP contribution < -0.4 is 9.47 Å². The van der Waals surface area contributed by atoms with Gasteiger partial charge in [-0.2, -0.15) is 5.26 Å². The van der Waals surface area contributed by atoms with Crippen molar-refractivity contribution in [3.8, 4) is 17.8 Å². The average molecular weight is 327 g/mol. The van der Waals surface area contributed by atoms with Gasteiger partial charge in [-0.15, -0.1) is 0 Å². The van der Waals surface area contributed by atoms with Gasteiger partial charge in [-0.05, 0) is 31.5 Å².